The molecule has 0 spiro atoms. The van der Waals surface area contributed by atoms with Crippen LogP contribution in [0.25, 0.3) is 0 Å². The number of benzene rings is 1. The second kappa shape index (κ2) is 13.6. The monoisotopic (exact) mass is 462 g/mol. The fraction of sp³-hybridized carbons (Fsp3) is 0.478. The van der Waals surface area contributed by atoms with Gasteiger partial charge in [0.2, 0.25) is 0 Å². The minimum atomic E-state index is -0.371. The van der Waals surface area contributed by atoms with Crippen molar-refractivity contribution < 1.29 is 18.7 Å². The van der Waals surface area contributed by atoms with Gasteiger partial charge >= 0.3 is 0 Å². The molecule has 1 aromatic carbocycles. The molecular formula is C23H34N4O4S. The van der Waals surface area contributed by atoms with E-state index in [2.05, 4.69) is 34.7 Å². The summed E-state index contributed by atoms with van der Waals surface area (Å²) >= 11 is 5.47. The van der Waals surface area contributed by atoms with Crippen LogP contribution in [-0.4, -0.2) is 55.3 Å². The lowest BCUT2D eigenvalue weighted by atomic mass is 10.2. The van der Waals surface area contributed by atoms with Crippen LogP contribution in [-0.2, 0) is 0 Å². The first-order valence-corrected chi connectivity index (χ1v) is 11.5. The Labute approximate surface area is 195 Å². The van der Waals surface area contributed by atoms with Crippen LogP contribution in [0, 0.1) is 0 Å². The summed E-state index contributed by atoms with van der Waals surface area (Å²) in [4.78, 5) is 14.8. The van der Waals surface area contributed by atoms with Gasteiger partial charge in [-0.05, 0) is 64.3 Å². The Morgan fingerprint density at radius 1 is 1.03 bits per heavy atom. The zero-order valence-corrected chi connectivity index (χ0v) is 20.1. The predicted molar refractivity (Wildman–Crippen MR) is 132 cm³/mol. The Bertz CT molecular complexity index is 854. The first kappa shape index (κ1) is 25.5. The molecule has 2 rings (SSSR count). The van der Waals surface area contributed by atoms with Crippen molar-refractivity contribution in [1.82, 2.24) is 10.2 Å². The number of thiocarbonyl (C=S) groups is 1. The summed E-state index contributed by atoms with van der Waals surface area (Å²) in [6, 6.07) is 6.75. The van der Waals surface area contributed by atoms with Gasteiger partial charge in [-0.3, -0.25) is 4.79 Å². The first-order chi connectivity index (χ1) is 15.5. The number of amides is 1. The van der Waals surface area contributed by atoms with E-state index in [4.69, 9.17) is 26.1 Å². The Balaban J connectivity index is 2.10. The quantitative estimate of drug-likeness (QED) is 0.299. The van der Waals surface area contributed by atoms with Crippen LogP contribution < -0.4 is 25.4 Å². The lowest BCUT2D eigenvalue weighted by molar-refractivity contribution is 0.0996. The van der Waals surface area contributed by atoms with E-state index in [0.29, 0.717) is 41.2 Å². The molecule has 1 amide bonds. The molecule has 1 aromatic heterocycles. The molecule has 0 saturated carbocycles. The number of hydrogen-bond donors (Lipinski definition) is 3. The number of furan rings is 1. The van der Waals surface area contributed by atoms with Crippen molar-refractivity contribution in [2.24, 2.45) is 0 Å². The Hall–Kier alpha value is -2.78. The Kier molecular flexibility index (Phi) is 10.8. The molecule has 3 N–H and O–H groups in total. The number of hydrogen-bond acceptors (Lipinski definition) is 6. The van der Waals surface area contributed by atoms with Crippen LogP contribution in [0.5, 0.6) is 11.5 Å². The van der Waals surface area contributed by atoms with Crippen LogP contribution in [0.2, 0.25) is 0 Å². The third kappa shape index (κ3) is 7.72. The Morgan fingerprint density at radius 2 is 1.66 bits per heavy atom. The molecule has 0 saturated heterocycles. The van der Waals surface area contributed by atoms with Crippen molar-refractivity contribution in [1.29, 1.82) is 0 Å². The van der Waals surface area contributed by atoms with Gasteiger partial charge < -0.3 is 34.7 Å². The van der Waals surface area contributed by atoms with E-state index in [1.54, 1.807) is 24.3 Å². The van der Waals surface area contributed by atoms with Gasteiger partial charge in [0, 0.05) is 18.7 Å². The highest BCUT2D eigenvalue weighted by atomic mass is 32.1. The van der Waals surface area contributed by atoms with Crippen LogP contribution in [0.3, 0.4) is 0 Å². The smallest absolute Gasteiger partial charge is 0.291 e. The Morgan fingerprint density at radius 3 is 2.19 bits per heavy atom. The fourth-order valence-electron chi connectivity index (χ4n) is 3.11. The third-order valence-corrected chi connectivity index (χ3v) is 5.00. The molecule has 0 aliphatic heterocycles. The molecule has 9 heteroatoms. The number of ether oxygens (including phenoxy) is 2. The van der Waals surface area contributed by atoms with Crippen molar-refractivity contribution in [3.63, 3.8) is 0 Å². The topological polar surface area (TPSA) is 88.0 Å². The zero-order chi connectivity index (χ0) is 23.3. The lowest BCUT2D eigenvalue weighted by Crippen LogP contribution is -2.32. The normalized spacial score (nSPS) is 10.7. The summed E-state index contributed by atoms with van der Waals surface area (Å²) in [7, 11) is 0. The molecule has 32 heavy (non-hydrogen) atoms. The average molecular weight is 463 g/mol. The van der Waals surface area contributed by atoms with Gasteiger partial charge in [0.25, 0.3) is 5.91 Å². The number of nitrogens with zero attached hydrogens (tertiary/aromatic N) is 1. The van der Waals surface area contributed by atoms with E-state index in [0.717, 1.165) is 32.6 Å². The van der Waals surface area contributed by atoms with Crippen molar-refractivity contribution in [3.8, 4) is 11.5 Å². The van der Waals surface area contributed by atoms with Gasteiger partial charge in [-0.1, -0.05) is 13.8 Å². The highest BCUT2D eigenvalue weighted by Gasteiger charge is 2.17. The fourth-order valence-corrected chi connectivity index (χ4v) is 3.32. The molecule has 8 nitrogen and oxygen atoms in total. The molecule has 0 aliphatic rings. The first-order valence-electron chi connectivity index (χ1n) is 11.1. The van der Waals surface area contributed by atoms with Crippen molar-refractivity contribution in [2.45, 2.75) is 34.1 Å². The summed E-state index contributed by atoms with van der Waals surface area (Å²) in [6.45, 7) is 12.9. The van der Waals surface area contributed by atoms with E-state index in [1.807, 2.05) is 13.8 Å². The molecular weight excluding hydrogens is 428 g/mol. The zero-order valence-electron chi connectivity index (χ0n) is 19.3. The van der Waals surface area contributed by atoms with E-state index in [-0.39, 0.29) is 11.7 Å². The predicted octanol–water partition coefficient (Wildman–Crippen LogP) is 4.35. The largest absolute Gasteiger partial charge is 0.492 e. The summed E-state index contributed by atoms with van der Waals surface area (Å²) < 4.78 is 16.7. The molecule has 2 aromatic rings. The van der Waals surface area contributed by atoms with Gasteiger partial charge in [-0.2, -0.15) is 0 Å². The maximum Gasteiger partial charge on any atom is 0.291 e. The van der Waals surface area contributed by atoms with Gasteiger partial charge in [-0.25, -0.2) is 0 Å². The van der Waals surface area contributed by atoms with Crippen LogP contribution >= 0.6 is 12.2 Å². The molecule has 0 atom stereocenters. The second-order valence-electron chi connectivity index (χ2n) is 6.90. The van der Waals surface area contributed by atoms with Crippen LogP contribution in [0.15, 0.2) is 34.9 Å². The van der Waals surface area contributed by atoms with Crippen molar-refractivity contribution in [2.75, 3.05) is 50.0 Å². The number of carbonyl (C=O) groups is 1. The molecule has 1 heterocycles. The summed E-state index contributed by atoms with van der Waals surface area (Å²) in [6.07, 6.45) is 2.44. The summed E-state index contributed by atoms with van der Waals surface area (Å²) in [5.41, 5.74) is 1.15. The van der Waals surface area contributed by atoms with E-state index >= 15 is 0 Å². The molecule has 0 unspecified atom stereocenters. The maximum absolute atomic E-state index is 12.5. The van der Waals surface area contributed by atoms with Gasteiger partial charge in [-0.15, -0.1) is 0 Å². The van der Waals surface area contributed by atoms with Crippen molar-refractivity contribution in [3.05, 3.63) is 36.3 Å². The summed E-state index contributed by atoms with van der Waals surface area (Å²) in [5, 5.41) is 9.75. The number of nitrogens with one attached hydrogen (secondary N) is 3. The van der Waals surface area contributed by atoms with E-state index < -0.39 is 0 Å². The SMILES string of the molecule is CCOc1cc(NC(=S)NCCCN(CC)CC)c(OCC)cc1NC(=O)c1ccco1. The number of anilines is 2. The molecule has 0 aliphatic carbocycles. The standard InChI is InChI=1S/C23H34N4O4S/c1-5-27(6-2)13-10-12-24-23(32)26-18-16-20(29-7-3)17(15-21(18)30-8-4)25-22(28)19-11-9-14-31-19/h9,11,14-16H,5-8,10,12-13H2,1-4H3,(H,25,28)(H2,24,26,32). The molecule has 0 fully saturated rings. The minimum Gasteiger partial charge on any atom is -0.492 e. The second-order valence-corrected chi connectivity index (χ2v) is 7.31. The van der Waals surface area contributed by atoms with Gasteiger partial charge in [0.1, 0.15) is 11.5 Å². The van der Waals surface area contributed by atoms with Gasteiger partial charge in [0.05, 0.1) is 30.9 Å². The molecule has 0 radical (unpaired) electrons. The average Bonchev–Trinajstić information content (AvgIpc) is 3.32. The van der Waals surface area contributed by atoms with Crippen LogP contribution in [0.1, 0.15) is 44.7 Å². The van der Waals surface area contributed by atoms with E-state index in [1.165, 1.54) is 6.26 Å². The third-order valence-electron chi connectivity index (χ3n) is 4.75. The molecule has 0 bridgehead atoms. The van der Waals surface area contributed by atoms with E-state index in [9.17, 15) is 4.79 Å². The summed E-state index contributed by atoms with van der Waals surface area (Å²) in [5.74, 6) is 0.896. The molecule has 176 valence electrons. The van der Waals surface area contributed by atoms with Crippen molar-refractivity contribution >= 4 is 34.6 Å². The lowest BCUT2D eigenvalue weighted by Gasteiger charge is -2.20. The highest BCUT2D eigenvalue weighted by Crippen LogP contribution is 2.37. The maximum atomic E-state index is 12.5. The number of rotatable bonds is 13. The highest BCUT2D eigenvalue weighted by molar-refractivity contribution is 7.80. The minimum absolute atomic E-state index is 0.211. The van der Waals surface area contributed by atoms with Gasteiger partial charge in [0.15, 0.2) is 10.9 Å². The van der Waals surface area contributed by atoms with Crippen LogP contribution in [0.4, 0.5) is 11.4 Å². The number of carbonyl (C=O) groups excluding carboxylic acids is 1.